The number of ether oxygens (including phenoxy) is 1. The molecule has 0 bridgehead atoms. The van der Waals surface area contributed by atoms with Crippen molar-refractivity contribution < 1.29 is 14.3 Å². The topological polar surface area (TPSA) is 107 Å². The third-order valence-corrected chi connectivity index (χ3v) is 2.39. The molecule has 0 aliphatic rings. The monoisotopic (exact) mass is 251 g/mol. The molecule has 0 aliphatic heterocycles. The largest absolute Gasteiger partial charge is 0.491 e. The van der Waals surface area contributed by atoms with Gasteiger partial charge in [-0.25, -0.2) is 5.84 Å². The number of carbonyl (C=O) groups excluding carboxylic acids is 2. The van der Waals surface area contributed by atoms with Crippen molar-refractivity contribution in [2.45, 2.75) is 25.9 Å². The second-order valence-corrected chi connectivity index (χ2v) is 3.93. The molecule has 5 N–H and O–H groups in total. The normalized spacial score (nSPS) is 11.7. The van der Waals surface area contributed by atoms with Crippen LogP contribution in [0.1, 0.15) is 30.1 Å². The number of hydrazine groups is 1. The molecule has 6 heteroatoms. The summed E-state index contributed by atoms with van der Waals surface area (Å²) in [6, 6.07) is 6.60. The fourth-order valence-electron chi connectivity index (χ4n) is 1.42. The minimum Gasteiger partial charge on any atom is -0.491 e. The van der Waals surface area contributed by atoms with Crippen LogP contribution in [0.25, 0.3) is 0 Å². The average Bonchev–Trinajstić information content (AvgIpc) is 2.36. The SMILES string of the molecule is CC(CCC(=O)NN)Oc1cccc(C(N)=O)c1. The number of amides is 2. The van der Waals surface area contributed by atoms with E-state index in [0.29, 0.717) is 17.7 Å². The van der Waals surface area contributed by atoms with Crippen LogP contribution in [0, 0.1) is 0 Å². The Kier molecular flexibility index (Phi) is 5.13. The van der Waals surface area contributed by atoms with E-state index in [1.807, 2.05) is 6.92 Å². The highest BCUT2D eigenvalue weighted by molar-refractivity contribution is 5.93. The van der Waals surface area contributed by atoms with Crippen LogP contribution in [0.3, 0.4) is 0 Å². The molecular formula is C12H17N3O3. The first-order chi connectivity index (χ1) is 8.52. The summed E-state index contributed by atoms with van der Waals surface area (Å²) in [5.41, 5.74) is 7.61. The van der Waals surface area contributed by atoms with Gasteiger partial charge in [0.05, 0.1) is 6.10 Å². The maximum Gasteiger partial charge on any atom is 0.248 e. The summed E-state index contributed by atoms with van der Waals surface area (Å²) >= 11 is 0. The maximum atomic E-state index is 11.0. The zero-order chi connectivity index (χ0) is 13.5. The summed E-state index contributed by atoms with van der Waals surface area (Å²) in [6.45, 7) is 1.83. The summed E-state index contributed by atoms with van der Waals surface area (Å²) in [4.78, 5) is 22.0. The highest BCUT2D eigenvalue weighted by Gasteiger charge is 2.08. The molecule has 1 atom stereocenters. The fraction of sp³-hybridized carbons (Fsp3) is 0.333. The van der Waals surface area contributed by atoms with Gasteiger partial charge in [-0.1, -0.05) is 6.07 Å². The van der Waals surface area contributed by atoms with E-state index in [-0.39, 0.29) is 18.4 Å². The van der Waals surface area contributed by atoms with E-state index in [0.717, 1.165) is 0 Å². The van der Waals surface area contributed by atoms with E-state index in [2.05, 4.69) is 5.43 Å². The van der Waals surface area contributed by atoms with Crippen molar-refractivity contribution in [1.82, 2.24) is 5.43 Å². The van der Waals surface area contributed by atoms with Gasteiger partial charge in [-0.2, -0.15) is 0 Å². The number of nitrogens with two attached hydrogens (primary N) is 2. The van der Waals surface area contributed by atoms with Gasteiger partial charge in [0.1, 0.15) is 5.75 Å². The Hall–Kier alpha value is -2.08. The lowest BCUT2D eigenvalue weighted by Crippen LogP contribution is -2.30. The summed E-state index contributed by atoms with van der Waals surface area (Å²) in [7, 11) is 0. The van der Waals surface area contributed by atoms with Crippen molar-refractivity contribution in [3.8, 4) is 5.75 Å². The second kappa shape index (κ2) is 6.61. The molecule has 0 saturated carbocycles. The van der Waals surface area contributed by atoms with Crippen molar-refractivity contribution in [1.29, 1.82) is 0 Å². The zero-order valence-electron chi connectivity index (χ0n) is 10.2. The van der Waals surface area contributed by atoms with E-state index >= 15 is 0 Å². The van der Waals surface area contributed by atoms with Gasteiger partial charge in [0.15, 0.2) is 0 Å². The molecule has 2 amide bonds. The van der Waals surface area contributed by atoms with E-state index in [1.165, 1.54) is 0 Å². The smallest absolute Gasteiger partial charge is 0.248 e. The molecule has 0 heterocycles. The number of carbonyl (C=O) groups is 2. The van der Waals surface area contributed by atoms with Crippen molar-refractivity contribution in [2.75, 3.05) is 0 Å². The Morgan fingerprint density at radius 2 is 2.17 bits per heavy atom. The predicted octanol–water partition coefficient (Wildman–Crippen LogP) is 0.323. The molecule has 98 valence electrons. The number of primary amides is 1. The molecule has 0 fully saturated rings. The van der Waals surface area contributed by atoms with Crippen molar-refractivity contribution in [2.24, 2.45) is 11.6 Å². The molecule has 0 aliphatic carbocycles. The van der Waals surface area contributed by atoms with Crippen LogP contribution < -0.4 is 21.7 Å². The third-order valence-electron chi connectivity index (χ3n) is 2.39. The maximum absolute atomic E-state index is 11.0. The first-order valence-corrected chi connectivity index (χ1v) is 5.59. The molecule has 6 nitrogen and oxygen atoms in total. The number of hydrogen-bond acceptors (Lipinski definition) is 4. The molecule has 0 saturated heterocycles. The minimum absolute atomic E-state index is 0.162. The highest BCUT2D eigenvalue weighted by Crippen LogP contribution is 2.16. The molecule has 0 spiro atoms. The highest BCUT2D eigenvalue weighted by atomic mass is 16.5. The van der Waals surface area contributed by atoms with Gasteiger partial charge < -0.3 is 10.5 Å². The number of hydrogen-bond donors (Lipinski definition) is 3. The van der Waals surface area contributed by atoms with Crippen LogP contribution >= 0.6 is 0 Å². The molecular weight excluding hydrogens is 234 g/mol. The Balaban J connectivity index is 2.53. The number of rotatable bonds is 6. The van der Waals surface area contributed by atoms with Crippen LogP contribution in [0.4, 0.5) is 0 Å². The van der Waals surface area contributed by atoms with Crippen LogP contribution in [-0.4, -0.2) is 17.9 Å². The lowest BCUT2D eigenvalue weighted by atomic mass is 10.2. The van der Waals surface area contributed by atoms with Crippen LogP contribution in [0.2, 0.25) is 0 Å². The molecule has 1 aromatic carbocycles. The van der Waals surface area contributed by atoms with E-state index in [4.69, 9.17) is 16.3 Å². The molecule has 0 aromatic heterocycles. The van der Waals surface area contributed by atoms with E-state index in [9.17, 15) is 9.59 Å². The third kappa shape index (κ3) is 4.42. The first kappa shape index (κ1) is 14.0. The van der Waals surface area contributed by atoms with Crippen LogP contribution in [0.5, 0.6) is 5.75 Å². The Morgan fingerprint density at radius 1 is 1.44 bits per heavy atom. The average molecular weight is 251 g/mol. The van der Waals surface area contributed by atoms with Crippen molar-refractivity contribution in [3.05, 3.63) is 29.8 Å². The zero-order valence-corrected chi connectivity index (χ0v) is 10.2. The Labute approximate surface area is 105 Å². The summed E-state index contributed by atoms with van der Waals surface area (Å²) in [6.07, 6.45) is 0.655. The molecule has 1 unspecified atom stereocenters. The quantitative estimate of drug-likeness (QED) is 0.384. The van der Waals surface area contributed by atoms with Gasteiger partial charge in [0, 0.05) is 12.0 Å². The van der Waals surface area contributed by atoms with Gasteiger partial charge in [-0.15, -0.1) is 0 Å². The molecule has 0 radical (unpaired) electrons. The van der Waals surface area contributed by atoms with Gasteiger partial charge >= 0.3 is 0 Å². The number of benzene rings is 1. The fourth-order valence-corrected chi connectivity index (χ4v) is 1.42. The molecule has 1 rings (SSSR count). The lowest BCUT2D eigenvalue weighted by molar-refractivity contribution is -0.121. The lowest BCUT2D eigenvalue weighted by Gasteiger charge is -2.14. The Morgan fingerprint density at radius 3 is 2.78 bits per heavy atom. The predicted molar refractivity (Wildman–Crippen MR) is 66.6 cm³/mol. The first-order valence-electron chi connectivity index (χ1n) is 5.59. The van der Waals surface area contributed by atoms with Crippen LogP contribution in [0.15, 0.2) is 24.3 Å². The summed E-state index contributed by atoms with van der Waals surface area (Å²) in [5.74, 6) is 4.78. The number of nitrogens with one attached hydrogen (secondary N) is 1. The van der Waals surface area contributed by atoms with E-state index < -0.39 is 5.91 Å². The van der Waals surface area contributed by atoms with Gasteiger partial charge in [0.2, 0.25) is 11.8 Å². The van der Waals surface area contributed by atoms with Gasteiger partial charge in [0.25, 0.3) is 0 Å². The van der Waals surface area contributed by atoms with Crippen molar-refractivity contribution >= 4 is 11.8 Å². The molecule has 1 aromatic rings. The standard InChI is InChI=1S/C12H17N3O3/c1-8(5-6-11(16)15-14)18-10-4-2-3-9(7-10)12(13)17/h2-4,7-8H,5-6,14H2,1H3,(H2,13,17)(H,15,16). The minimum atomic E-state index is -0.504. The van der Waals surface area contributed by atoms with Crippen molar-refractivity contribution in [3.63, 3.8) is 0 Å². The second-order valence-electron chi connectivity index (χ2n) is 3.93. The van der Waals surface area contributed by atoms with Gasteiger partial charge in [-0.3, -0.25) is 15.0 Å². The molecule has 18 heavy (non-hydrogen) atoms. The van der Waals surface area contributed by atoms with Crippen LogP contribution in [-0.2, 0) is 4.79 Å². The summed E-state index contributed by atoms with van der Waals surface area (Å²) in [5, 5.41) is 0. The van der Waals surface area contributed by atoms with Gasteiger partial charge in [-0.05, 0) is 31.5 Å². The summed E-state index contributed by atoms with van der Waals surface area (Å²) < 4.78 is 5.57. The van der Waals surface area contributed by atoms with E-state index in [1.54, 1.807) is 24.3 Å². The Bertz CT molecular complexity index is 434.